The van der Waals surface area contributed by atoms with Crippen LogP contribution in [0.1, 0.15) is 35.0 Å². The Morgan fingerprint density at radius 2 is 2.17 bits per heavy atom. The Balaban J connectivity index is 1.92. The van der Waals surface area contributed by atoms with Gasteiger partial charge in [0.05, 0.1) is 17.9 Å². The van der Waals surface area contributed by atoms with Crippen LogP contribution in [-0.2, 0) is 11.3 Å². The second-order valence-corrected chi connectivity index (χ2v) is 6.32. The first kappa shape index (κ1) is 14.8. The van der Waals surface area contributed by atoms with Gasteiger partial charge >= 0.3 is 0 Å². The molecule has 0 fully saturated rings. The number of carbonyl (C=O) groups excluding carboxylic acids is 1. The molecule has 4 rings (SSSR count). The molecule has 2 N–H and O–H groups in total. The first-order valence-electron chi connectivity index (χ1n) is 8.15. The van der Waals surface area contributed by atoms with E-state index in [9.17, 15) is 4.79 Å². The molecule has 122 valence electrons. The predicted molar refractivity (Wildman–Crippen MR) is 95.3 cm³/mol. The smallest absolute Gasteiger partial charge is 0.225 e. The largest absolute Gasteiger partial charge is 0.356 e. The highest BCUT2D eigenvalue weighted by atomic mass is 16.1. The number of aryl methyl sites for hydroxylation is 1. The highest BCUT2D eigenvalue weighted by Gasteiger charge is 2.33. The van der Waals surface area contributed by atoms with E-state index in [-0.39, 0.29) is 11.8 Å². The van der Waals surface area contributed by atoms with E-state index in [1.807, 2.05) is 41.9 Å². The molecule has 24 heavy (non-hydrogen) atoms. The number of aromatic nitrogens is 3. The zero-order chi connectivity index (χ0) is 16.8. The summed E-state index contributed by atoms with van der Waals surface area (Å²) in [5.74, 6) is 0.0484. The van der Waals surface area contributed by atoms with Gasteiger partial charge < -0.3 is 10.3 Å². The third-order valence-electron chi connectivity index (χ3n) is 4.83. The van der Waals surface area contributed by atoms with Crippen LogP contribution in [0.5, 0.6) is 0 Å². The number of amides is 1. The molecular weight excluding hydrogens is 300 g/mol. The molecule has 3 heterocycles. The van der Waals surface area contributed by atoms with Crippen LogP contribution in [0, 0.1) is 13.8 Å². The zero-order valence-corrected chi connectivity index (χ0v) is 13.9. The van der Waals surface area contributed by atoms with Gasteiger partial charge in [-0.25, -0.2) is 0 Å². The Kier molecular flexibility index (Phi) is 3.30. The summed E-state index contributed by atoms with van der Waals surface area (Å²) in [4.78, 5) is 15.8. The maximum Gasteiger partial charge on any atom is 0.225 e. The number of nitrogens with one attached hydrogen (secondary N) is 2. The molecule has 0 aliphatic carbocycles. The number of allylic oxidation sites excluding steroid dienone is 1. The third kappa shape index (κ3) is 2.08. The van der Waals surface area contributed by atoms with Crippen LogP contribution in [0.3, 0.4) is 0 Å². The lowest BCUT2D eigenvalue weighted by Gasteiger charge is -2.23. The van der Waals surface area contributed by atoms with E-state index in [1.165, 1.54) is 0 Å². The van der Waals surface area contributed by atoms with Gasteiger partial charge in [-0.3, -0.25) is 9.48 Å². The second kappa shape index (κ2) is 5.37. The number of para-hydroxylation sites is 1. The van der Waals surface area contributed by atoms with Gasteiger partial charge in [0, 0.05) is 40.2 Å². The fraction of sp³-hybridized carbons (Fsp3) is 0.263. The summed E-state index contributed by atoms with van der Waals surface area (Å²) < 4.78 is 1.95. The molecule has 5 nitrogen and oxygen atoms in total. The standard InChI is InChI=1S/C19H20N4O/c1-4-9-23-12(3)17(11(2)22-23)14-10-16(24)21-18-13-7-5-6-8-15(13)20-19(14)18/h4-8,14,20H,1,9-10H2,2-3H3,(H,21,24). The summed E-state index contributed by atoms with van der Waals surface area (Å²) in [6, 6.07) is 8.07. The number of rotatable bonds is 3. The van der Waals surface area contributed by atoms with E-state index in [1.54, 1.807) is 0 Å². The first-order chi connectivity index (χ1) is 11.6. The number of nitrogens with zero attached hydrogens (tertiary/aromatic N) is 2. The molecule has 0 saturated heterocycles. The average molecular weight is 320 g/mol. The van der Waals surface area contributed by atoms with Crippen LogP contribution in [0.25, 0.3) is 10.9 Å². The Morgan fingerprint density at radius 3 is 2.96 bits per heavy atom. The van der Waals surface area contributed by atoms with Gasteiger partial charge in [-0.2, -0.15) is 5.10 Å². The van der Waals surface area contributed by atoms with E-state index >= 15 is 0 Å². The maximum atomic E-state index is 12.3. The summed E-state index contributed by atoms with van der Waals surface area (Å²) in [5, 5.41) is 8.72. The van der Waals surface area contributed by atoms with Crippen LogP contribution in [0.4, 0.5) is 5.69 Å². The monoisotopic (exact) mass is 320 g/mol. The molecule has 3 aromatic rings. The van der Waals surface area contributed by atoms with Crippen molar-refractivity contribution in [1.82, 2.24) is 14.8 Å². The SMILES string of the molecule is C=CCn1nc(C)c(C2CC(=O)Nc3c2[nH]c2ccccc32)c1C. The summed E-state index contributed by atoms with van der Waals surface area (Å²) in [5.41, 5.74) is 6.22. The quantitative estimate of drug-likeness (QED) is 0.724. The molecule has 0 spiro atoms. The molecule has 2 aromatic heterocycles. The van der Waals surface area contributed by atoms with E-state index in [4.69, 9.17) is 0 Å². The van der Waals surface area contributed by atoms with Gasteiger partial charge in [0.1, 0.15) is 0 Å². The minimum atomic E-state index is -0.000264. The molecular formula is C19H20N4O. The topological polar surface area (TPSA) is 62.7 Å². The minimum absolute atomic E-state index is 0.000264. The van der Waals surface area contributed by atoms with Crippen molar-refractivity contribution in [2.24, 2.45) is 0 Å². The fourth-order valence-electron chi connectivity index (χ4n) is 3.80. The van der Waals surface area contributed by atoms with Gasteiger partial charge in [-0.05, 0) is 19.9 Å². The fourth-order valence-corrected chi connectivity index (χ4v) is 3.80. The van der Waals surface area contributed by atoms with Crippen LogP contribution in [-0.4, -0.2) is 20.7 Å². The number of H-pyrrole nitrogens is 1. The van der Waals surface area contributed by atoms with Gasteiger partial charge in [0.25, 0.3) is 0 Å². The molecule has 0 saturated carbocycles. The molecule has 1 unspecified atom stereocenters. The van der Waals surface area contributed by atoms with E-state index in [2.05, 4.69) is 28.9 Å². The van der Waals surface area contributed by atoms with Crippen molar-refractivity contribution in [3.05, 3.63) is 59.6 Å². The lowest BCUT2D eigenvalue weighted by molar-refractivity contribution is -0.116. The molecule has 0 radical (unpaired) electrons. The summed E-state index contributed by atoms with van der Waals surface area (Å²) in [6.07, 6.45) is 2.27. The number of carbonyl (C=O) groups is 1. The lowest BCUT2D eigenvalue weighted by Crippen LogP contribution is -2.23. The van der Waals surface area contributed by atoms with Gasteiger partial charge in [-0.1, -0.05) is 24.3 Å². The lowest BCUT2D eigenvalue weighted by atomic mass is 9.87. The first-order valence-corrected chi connectivity index (χ1v) is 8.15. The van der Waals surface area contributed by atoms with Crippen molar-refractivity contribution in [2.75, 3.05) is 5.32 Å². The number of fused-ring (bicyclic) bond motifs is 3. The molecule has 1 amide bonds. The number of hydrogen-bond donors (Lipinski definition) is 2. The molecule has 1 atom stereocenters. The second-order valence-electron chi connectivity index (χ2n) is 6.32. The van der Waals surface area contributed by atoms with Crippen molar-refractivity contribution in [3.8, 4) is 0 Å². The van der Waals surface area contributed by atoms with Crippen LogP contribution in [0.15, 0.2) is 36.9 Å². The molecule has 1 aliphatic heterocycles. The molecule has 5 heteroatoms. The van der Waals surface area contributed by atoms with Crippen molar-refractivity contribution in [1.29, 1.82) is 0 Å². The molecule has 1 aliphatic rings. The van der Waals surface area contributed by atoms with Crippen LogP contribution < -0.4 is 5.32 Å². The zero-order valence-electron chi connectivity index (χ0n) is 13.9. The van der Waals surface area contributed by atoms with Crippen molar-refractivity contribution >= 4 is 22.5 Å². The van der Waals surface area contributed by atoms with Gasteiger partial charge in [-0.15, -0.1) is 6.58 Å². The Labute approximate surface area is 140 Å². The normalized spacial score (nSPS) is 16.9. The summed E-state index contributed by atoms with van der Waals surface area (Å²) in [6.45, 7) is 8.54. The van der Waals surface area contributed by atoms with Gasteiger partial charge in [0.15, 0.2) is 0 Å². The Morgan fingerprint density at radius 1 is 1.38 bits per heavy atom. The summed E-state index contributed by atoms with van der Waals surface area (Å²) in [7, 11) is 0. The molecule has 0 bridgehead atoms. The van der Waals surface area contributed by atoms with Crippen molar-refractivity contribution in [2.45, 2.75) is 32.7 Å². The van der Waals surface area contributed by atoms with Crippen LogP contribution in [0.2, 0.25) is 0 Å². The Hall–Kier alpha value is -2.82. The highest BCUT2D eigenvalue weighted by Crippen LogP contribution is 2.42. The van der Waals surface area contributed by atoms with Crippen molar-refractivity contribution in [3.63, 3.8) is 0 Å². The average Bonchev–Trinajstić information content (AvgIpc) is 3.05. The third-order valence-corrected chi connectivity index (χ3v) is 4.83. The van der Waals surface area contributed by atoms with E-state index in [0.717, 1.165) is 39.2 Å². The van der Waals surface area contributed by atoms with Crippen LogP contribution >= 0.6 is 0 Å². The number of aromatic amines is 1. The predicted octanol–water partition coefficient (Wildman–Crippen LogP) is 3.64. The van der Waals surface area contributed by atoms with Crippen molar-refractivity contribution < 1.29 is 4.79 Å². The molecule has 1 aromatic carbocycles. The highest BCUT2D eigenvalue weighted by molar-refractivity contribution is 6.06. The summed E-state index contributed by atoms with van der Waals surface area (Å²) >= 11 is 0. The number of benzene rings is 1. The maximum absolute atomic E-state index is 12.3. The van der Waals surface area contributed by atoms with Gasteiger partial charge in [0.2, 0.25) is 5.91 Å². The number of hydrogen-bond acceptors (Lipinski definition) is 2. The number of anilines is 1. The van der Waals surface area contributed by atoms with E-state index < -0.39 is 0 Å². The van der Waals surface area contributed by atoms with E-state index in [0.29, 0.717) is 13.0 Å². The Bertz CT molecular complexity index is 963. The minimum Gasteiger partial charge on any atom is -0.356 e.